The van der Waals surface area contributed by atoms with E-state index in [2.05, 4.69) is 86.8 Å². The number of ether oxygens (including phenoxy) is 2. The largest absolute Gasteiger partial charge is 0.472 e. The first-order chi connectivity index (χ1) is 35.8. The smallest absolute Gasteiger partial charge is 0.462 e. The highest BCUT2D eigenvalue weighted by Crippen LogP contribution is 2.43. The van der Waals surface area contributed by atoms with Crippen LogP contribution in [0.25, 0.3) is 0 Å². The lowest BCUT2D eigenvalue weighted by atomic mass is 10.0. The van der Waals surface area contributed by atoms with Crippen LogP contribution in [-0.4, -0.2) is 49.3 Å². The molecule has 0 spiro atoms. The lowest BCUT2D eigenvalue weighted by Crippen LogP contribution is -2.29. The van der Waals surface area contributed by atoms with Crippen molar-refractivity contribution in [3.8, 4) is 0 Å². The van der Waals surface area contributed by atoms with Crippen LogP contribution in [0.1, 0.15) is 284 Å². The summed E-state index contributed by atoms with van der Waals surface area (Å²) in [7, 11) is -4.39. The molecule has 0 aromatic heterocycles. The topological polar surface area (TPSA) is 134 Å². The van der Waals surface area contributed by atoms with Crippen LogP contribution in [0, 0.1) is 0 Å². The van der Waals surface area contributed by atoms with Gasteiger partial charge in [-0.15, -0.1) is 0 Å². The first-order valence-electron chi connectivity index (χ1n) is 30.4. The Morgan fingerprint density at radius 3 is 1.12 bits per heavy atom. The SMILES string of the molecule is CC/C=C\C/C=C\C/C=C\C/C=C\CCCCCCCCCCCCCCCCC(=O)OC(COC(=O)CCCCCCCCCCCCCCC/C=C\C/C=C\CCCCCCC)COP(=O)(O)OCCN. The summed E-state index contributed by atoms with van der Waals surface area (Å²) < 4.78 is 33.1. The van der Waals surface area contributed by atoms with E-state index in [-0.39, 0.29) is 38.6 Å². The van der Waals surface area contributed by atoms with Crippen LogP contribution >= 0.6 is 7.82 Å². The molecule has 10 heteroatoms. The Hall–Kier alpha value is -2.55. The van der Waals surface area contributed by atoms with Crippen molar-refractivity contribution in [2.24, 2.45) is 5.73 Å². The summed E-state index contributed by atoms with van der Waals surface area (Å²) in [5.41, 5.74) is 5.39. The lowest BCUT2D eigenvalue weighted by Gasteiger charge is -2.19. The Balaban J connectivity index is 3.94. The highest BCUT2D eigenvalue weighted by molar-refractivity contribution is 7.47. The monoisotopic (exact) mass is 1040 g/mol. The van der Waals surface area contributed by atoms with Gasteiger partial charge in [0.15, 0.2) is 6.10 Å². The molecule has 0 radical (unpaired) electrons. The summed E-state index contributed by atoms with van der Waals surface area (Å²) in [6, 6.07) is 0. The normalized spacial score (nSPS) is 13.5. The Labute approximate surface area is 450 Å². The second kappa shape index (κ2) is 58.7. The van der Waals surface area contributed by atoms with Crippen LogP contribution in [0.4, 0.5) is 0 Å². The molecule has 0 saturated heterocycles. The Bertz CT molecular complexity index is 1420. The van der Waals surface area contributed by atoms with Gasteiger partial charge >= 0.3 is 19.8 Å². The van der Waals surface area contributed by atoms with E-state index in [4.69, 9.17) is 24.3 Å². The second-order valence-corrected chi connectivity index (χ2v) is 21.6. The Morgan fingerprint density at radius 2 is 0.753 bits per heavy atom. The van der Waals surface area contributed by atoms with Gasteiger partial charge in [0.25, 0.3) is 0 Å². The average molecular weight is 1040 g/mol. The highest BCUT2D eigenvalue weighted by atomic mass is 31.2. The van der Waals surface area contributed by atoms with Gasteiger partial charge in [0, 0.05) is 19.4 Å². The van der Waals surface area contributed by atoms with Crippen molar-refractivity contribution in [2.75, 3.05) is 26.4 Å². The molecule has 2 atom stereocenters. The number of allylic oxidation sites excluding steroid dienone is 12. The first kappa shape index (κ1) is 70.5. The van der Waals surface area contributed by atoms with Gasteiger partial charge in [0.1, 0.15) is 6.61 Å². The minimum Gasteiger partial charge on any atom is -0.462 e. The van der Waals surface area contributed by atoms with Gasteiger partial charge < -0.3 is 20.1 Å². The van der Waals surface area contributed by atoms with E-state index < -0.39 is 26.5 Å². The molecule has 0 aliphatic rings. The van der Waals surface area contributed by atoms with Gasteiger partial charge in [-0.05, 0) is 83.5 Å². The molecule has 424 valence electrons. The number of rotatable bonds is 57. The van der Waals surface area contributed by atoms with Gasteiger partial charge in [-0.2, -0.15) is 0 Å². The van der Waals surface area contributed by atoms with Crippen molar-refractivity contribution in [3.63, 3.8) is 0 Å². The summed E-state index contributed by atoms with van der Waals surface area (Å²) in [6.07, 6.45) is 75.3. The van der Waals surface area contributed by atoms with Crippen LogP contribution in [0.2, 0.25) is 0 Å². The Kier molecular flexibility index (Phi) is 56.7. The van der Waals surface area contributed by atoms with Crippen molar-refractivity contribution in [2.45, 2.75) is 290 Å². The maximum atomic E-state index is 12.7. The van der Waals surface area contributed by atoms with Crippen molar-refractivity contribution < 1.29 is 37.6 Å². The molecule has 0 aliphatic heterocycles. The second-order valence-electron chi connectivity index (χ2n) is 20.2. The fourth-order valence-corrected chi connectivity index (χ4v) is 9.37. The number of hydrogen-bond donors (Lipinski definition) is 2. The minimum absolute atomic E-state index is 0.0519. The molecular weight excluding hydrogens is 930 g/mol. The molecule has 2 unspecified atom stereocenters. The van der Waals surface area contributed by atoms with Crippen molar-refractivity contribution in [1.82, 2.24) is 0 Å². The van der Waals surface area contributed by atoms with E-state index in [0.29, 0.717) is 6.42 Å². The average Bonchev–Trinajstić information content (AvgIpc) is 3.38. The summed E-state index contributed by atoms with van der Waals surface area (Å²) in [6.45, 7) is 3.65. The van der Waals surface area contributed by atoms with Crippen molar-refractivity contribution in [1.29, 1.82) is 0 Å². The molecule has 0 bridgehead atoms. The minimum atomic E-state index is -4.39. The van der Waals surface area contributed by atoms with E-state index in [1.807, 2.05) is 0 Å². The molecule has 0 heterocycles. The van der Waals surface area contributed by atoms with Crippen molar-refractivity contribution in [3.05, 3.63) is 72.9 Å². The molecular formula is C63H114NO8P. The van der Waals surface area contributed by atoms with Gasteiger partial charge in [-0.3, -0.25) is 18.6 Å². The zero-order valence-corrected chi connectivity index (χ0v) is 48.3. The van der Waals surface area contributed by atoms with Gasteiger partial charge in [0.05, 0.1) is 13.2 Å². The summed E-state index contributed by atoms with van der Waals surface area (Å²) in [5, 5.41) is 0. The predicted octanol–water partition coefficient (Wildman–Crippen LogP) is 19.3. The maximum absolute atomic E-state index is 12.7. The molecule has 0 rings (SSSR count). The molecule has 73 heavy (non-hydrogen) atoms. The Morgan fingerprint density at radius 1 is 0.425 bits per heavy atom. The molecule has 0 amide bonds. The summed E-state index contributed by atoms with van der Waals surface area (Å²) in [5.74, 6) is -0.821. The number of unbranched alkanes of at least 4 members (excludes halogenated alkanes) is 32. The molecule has 0 aromatic rings. The molecule has 0 aliphatic carbocycles. The third-order valence-electron chi connectivity index (χ3n) is 13.1. The molecule has 9 nitrogen and oxygen atoms in total. The van der Waals surface area contributed by atoms with Crippen molar-refractivity contribution >= 4 is 19.8 Å². The van der Waals surface area contributed by atoms with Crippen LogP contribution in [0.15, 0.2) is 72.9 Å². The predicted molar refractivity (Wildman–Crippen MR) is 312 cm³/mol. The van der Waals surface area contributed by atoms with Gasteiger partial charge in [-0.25, -0.2) is 4.57 Å². The number of hydrogen-bond acceptors (Lipinski definition) is 8. The molecule has 0 fully saturated rings. The number of esters is 2. The first-order valence-corrected chi connectivity index (χ1v) is 31.9. The van der Waals surface area contributed by atoms with E-state index in [9.17, 15) is 19.0 Å². The van der Waals surface area contributed by atoms with E-state index in [1.54, 1.807) is 0 Å². The number of nitrogens with two attached hydrogens (primary N) is 1. The van der Waals surface area contributed by atoms with Crippen LogP contribution in [0.5, 0.6) is 0 Å². The third kappa shape index (κ3) is 58.6. The van der Waals surface area contributed by atoms with Crippen LogP contribution in [0.3, 0.4) is 0 Å². The van der Waals surface area contributed by atoms with Gasteiger partial charge in [0.2, 0.25) is 0 Å². The summed E-state index contributed by atoms with van der Waals surface area (Å²) >= 11 is 0. The van der Waals surface area contributed by atoms with Crippen LogP contribution < -0.4 is 5.73 Å². The fraction of sp³-hybridized carbons (Fsp3) is 0.778. The van der Waals surface area contributed by atoms with E-state index in [1.165, 1.54) is 180 Å². The number of phosphoric ester groups is 1. The standard InChI is InChI=1S/C63H114NO8P/c1-3-5-7-9-11-13-15-17-19-21-23-25-27-29-30-32-34-36-38-40-42-44-46-48-50-52-54-56-63(66)72-61(60-71-73(67,68)70-58-57-64)59-69-62(65)55-53-51-49-47-45-43-41-39-37-35-33-31-28-26-24-22-20-18-16-14-12-10-8-6-4-2/h5,7,11,13,16-19,22-25,61H,3-4,6,8-10,12,14-15,20-21,26-60,64H2,1-2H3,(H,67,68)/b7-5-,13-11-,18-16-,19-17-,24-22-,25-23-. The third-order valence-corrected chi connectivity index (χ3v) is 14.1. The number of phosphoric acid groups is 1. The molecule has 3 N–H and O–H groups in total. The summed E-state index contributed by atoms with van der Waals surface area (Å²) in [4.78, 5) is 35.2. The van der Waals surface area contributed by atoms with E-state index in [0.717, 1.165) is 70.6 Å². The highest BCUT2D eigenvalue weighted by Gasteiger charge is 2.26. The number of carbonyl (C=O) groups excluding carboxylic acids is 2. The fourth-order valence-electron chi connectivity index (χ4n) is 8.60. The van der Waals surface area contributed by atoms with E-state index >= 15 is 0 Å². The zero-order chi connectivity index (χ0) is 53.1. The quantitative estimate of drug-likeness (QED) is 0.0264. The van der Waals surface area contributed by atoms with Crippen LogP contribution in [-0.2, 0) is 32.7 Å². The lowest BCUT2D eigenvalue weighted by molar-refractivity contribution is -0.161. The maximum Gasteiger partial charge on any atom is 0.472 e. The van der Waals surface area contributed by atoms with Gasteiger partial charge in [-0.1, -0.05) is 260 Å². The molecule has 0 saturated carbocycles. The molecule has 0 aromatic carbocycles. The number of carbonyl (C=O) groups is 2. The zero-order valence-electron chi connectivity index (χ0n) is 47.4.